The Hall–Kier alpha value is -3.02. The summed E-state index contributed by atoms with van der Waals surface area (Å²) in [6.45, 7) is 5.45. The zero-order chi connectivity index (χ0) is 22.1. The van der Waals surface area contributed by atoms with E-state index < -0.39 is 0 Å². The molecule has 0 aliphatic carbocycles. The molecule has 0 saturated carbocycles. The number of amides is 1. The number of thiazole rings is 1. The predicted molar refractivity (Wildman–Crippen MR) is 132 cm³/mol. The third-order valence-corrected chi connectivity index (χ3v) is 6.97. The van der Waals surface area contributed by atoms with Gasteiger partial charge in [0.05, 0.1) is 22.9 Å². The smallest absolute Gasteiger partial charge is 0.260 e. The molecular weight excluding hydrogens is 416 g/mol. The highest BCUT2D eigenvalue weighted by atomic mass is 32.1. The molecule has 1 saturated heterocycles. The molecule has 0 bridgehead atoms. The molecule has 0 radical (unpaired) electrons. The Bertz CT molecular complexity index is 1240. The fraction of sp³-hybridized carbons (Fsp3) is 0.259. The van der Waals surface area contributed by atoms with Crippen molar-refractivity contribution in [1.29, 1.82) is 0 Å². The van der Waals surface area contributed by atoms with E-state index in [9.17, 15) is 4.79 Å². The van der Waals surface area contributed by atoms with Crippen LogP contribution < -0.4 is 4.90 Å². The monoisotopic (exact) mass is 442 g/mol. The first-order valence-electron chi connectivity index (χ1n) is 11.1. The highest BCUT2D eigenvalue weighted by Crippen LogP contribution is 2.33. The molecule has 5 rings (SSSR count). The van der Waals surface area contributed by atoms with Gasteiger partial charge in [-0.2, -0.15) is 0 Å². The number of anilines is 1. The largest absolute Gasteiger partial charge is 0.376 e. The Morgan fingerprint density at radius 2 is 1.81 bits per heavy atom. The van der Waals surface area contributed by atoms with Gasteiger partial charge in [-0.15, -0.1) is 0 Å². The summed E-state index contributed by atoms with van der Waals surface area (Å²) < 4.78 is 6.98. The SMILES string of the molecule is Cc1cc(C)c2nc(N(CC3CCCO3)C(=O)c3ccc(-c4ccccc4)cc3)sc2c1. The van der Waals surface area contributed by atoms with Crippen LogP contribution in [0.25, 0.3) is 21.3 Å². The summed E-state index contributed by atoms with van der Waals surface area (Å²) in [5, 5.41) is 0.737. The number of hydrogen-bond acceptors (Lipinski definition) is 4. The highest BCUT2D eigenvalue weighted by molar-refractivity contribution is 7.22. The zero-order valence-electron chi connectivity index (χ0n) is 18.4. The quantitative estimate of drug-likeness (QED) is 0.359. The summed E-state index contributed by atoms with van der Waals surface area (Å²) >= 11 is 1.58. The molecule has 1 aromatic heterocycles. The van der Waals surface area contributed by atoms with Crippen LogP contribution in [0.3, 0.4) is 0 Å². The fourth-order valence-electron chi connectivity index (χ4n) is 4.31. The number of ether oxygens (including phenoxy) is 1. The first kappa shape index (κ1) is 20.9. The Labute approximate surface area is 192 Å². The van der Waals surface area contributed by atoms with Crippen LogP contribution in [0, 0.1) is 13.8 Å². The maximum Gasteiger partial charge on any atom is 0.260 e. The van der Waals surface area contributed by atoms with Gasteiger partial charge in [0.2, 0.25) is 0 Å². The van der Waals surface area contributed by atoms with Crippen molar-refractivity contribution in [2.24, 2.45) is 0 Å². The average molecular weight is 443 g/mol. The molecule has 32 heavy (non-hydrogen) atoms. The van der Waals surface area contributed by atoms with E-state index in [1.807, 2.05) is 47.4 Å². The van der Waals surface area contributed by atoms with Gasteiger partial charge >= 0.3 is 0 Å². The molecule has 1 amide bonds. The van der Waals surface area contributed by atoms with E-state index in [1.54, 1.807) is 11.3 Å². The first-order valence-corrected chi connectivity index (χ1v) is 11.9. The summed E-state index contributed by atoms with van der Waals surface area (Å²) in [5.74, 6) is -0.0338. The van der Waals surface area contributed by atoms with Crippen LogP contribution >= 0.6 is 11.3 Å². The molecule has 1 aliphatic rings. The summed E-state index contributed by atoms with van der Waals surface area (Å²) in [7, 11) is 0. The maximum absolute atomic E-state index is 13.6. The summed E-state index contributed by atoms with van der Waals surface area (Å²) in [5.41, 5.74) is 6.21. The minimum Gasteiger partial charge on any atom is -0.376 e. The van der Waals surface area contributed by atoms with Gasteiger partial charge in [-0.3, -0.25) is 9.69 Å². The molecular formula is C27H26N2O2S. The number of nitrogens with zero attached hydrogens (tertiary/aromatic N) is 2. The van der Waals surface area contributed by atoms with Crippen molar-refractivity contribution in [3.63, 3.8) is 0 Å². The maximum atomic E-state index is 13.6. The van der Waals surface area contributed by atoms with Crippen LogP contribution in [-0.4, -0.2) is 30.1 Å². The van der Waals surface area contributed by atoms with E-state index in [2.05, 4.69) is 38.1 Å². The molecule has 4 aromatic rings. The molecule has 5 heteroatoms. The van der Waals surface area contributed by atoms with E-state index >= 15 is 0 Å². The van der Waals surface area contributed by atoms with Gasteiger partial charge in [0, 0.05) is 12.2 Å². The topological polar surface area (TPSA) is 42.4 Å². The van der Waals surface area contributed by atoms with Gasteiger partial charge < -0.3 is 4.74 Å². The number of benzene rings is 3. The second-order valence-corrected chi connectivity index (χ2v) is 9.43. The van der Waals surface area contributed by atoms with Crippen molar-refractivity contribution in [1.82, 2.24) is 4.98 Å². The van der Waals surface area contributed by atoms with Crippen molar-refractivity contribution in [2.75, 3.05) is 18.1 Å². The minimum atomic E-state index is -0.0338. The zero-order valence-corrected chi connectivity index (χ0v) is 19.2. The lowest BCUT2D eigenvalue weighted by atomic mass is 10.0. The number of fused-ring (bicyclic) bond motifs is 1. The van der Waals surface area contributed by atoms with Crippen molar-refractivity contribution in [3.8, 4) is 11.1 Å². The van der Waals surface area contributed by atoms with Crippen LogP contribution in [0.4, 0.5) is 5.13 Å². The third kappa shape index (κ3) is 4.18. The van der Waals surface area contributed by atoms with Crippen LogP contribution in [0.5, 0.6) is 0 Å². The molecule has 1 aliphatic heterocycles. The van der Waals surface area contributed by atoms with E-state index in [4.69, 9.17) is 9.72 Å². The van der Waals surface area contributed by atoms with Gasteiger partial charge in [-0.05, 0) is 67.1 Å². The number of carbonyl (C=O) groups is 1. The number of hydrogen-bond donors (Lipinski definition) is 0. The van der Waals surface area contributed by atoms with Crippen molar-refractivity contribution >= 4 is 32.6 Å². The Morgan fingerprint density at radius 3 is 2.53 bits per heavy atom. The fourth-order valence-corrected chi connectivity index (χ4v) is 5.46. The first-order chi connectivity index (χ1) is 15.6. The molecule has 162 valence electrons. The minimum absolute atomic E-state index is 0.0338. The summed E-state index contributed by atoms with van der Waals surface area (Å²) in [4.78, 5) is 20.3. The molecule has 2 heterocycles. The third-order valence-electron chi connectivity index (χ3n) is 5.94. The van der Waals surface area contributed by atoms with Crippen molar-refractivity contribution in [2.45, 2.75) is 32.8 Å². The molecule has 1 atom stereocenters. The van der Waals surface area contributed by atoms with Crippen molar-refractivity contribution in [3.05, 3.63) is 83.4 Å². The lowest BCUT2D eigenvalue weighted by molar-refractivity contribution is 0.0917. The van der Waals surface area contributed by atoms with Crippen LogP contribution in [0.15, 0.2) is 66.7 Å². The number of carbonyl (C=O) groups excluding carboxylic acids is 1. The normalized spacial score (nSPS) is 15.9. The Kier molecular flexibility index (Phi) is 5.77. The second-order valence-electron chi connectivity index (χ2n) is 8.42. The average Bonchev–Trinajstić information content (AvgIpc) is 3.48. The van der Waals surface area contributed by atoms with Gasteiger partial charge in [0.15, 0.2) is 5.13 Å². The van der Waals surface area contributed by atoms with Gasteiger partial charge in [-0.25, -0.2) is 4.98 Å². The Balaban J connectivity index is 1.49. The summed E-state index contributed by atoms with van der Waals surface area (Å²) in [6.07, 6.45) is 2.06. The molecule has 1 unspecified atom stereocenters. The number of aryl methyl sites for hydroxylation is 2. The summed E-state index contributed by atoms with van der Waals surface area (Å²) in [6, 6.07) is 22.3. The number of aromatic nitrogens is 1. The molecule has 1 fully saturated rings. The second kappa shape index (κ2) is 8.85. The van der Waals surface area contributed by atoms with Crippen molar-refractivity contribution < 1.29 is 9.53 Å². The lowest BCUT2D eigenvalue weighted by Gasteiger charge is -2.23. The van der Waals surface area contributed by atoms with Crippen LogP contribution in [0.2, 0.25) is 0 Å². The predicted octanol–water partition coefficient (Wildman–Crippen LogP) is 6.41. The van der Waals surface area contributed by atoms with Crippen LogP contribution in [0.1, 0.15) is 34.3 Å². The Morgan fingerprint density at radius 1 is 1.06 bits per heavy atom. The molecule has 3 aromatic carbocycles. The van der Waals surface area contributed by atoms with E-state index in [1.165, 1.54) is 5.56 Å². The van der Waals surface area contributed by atoms with Gasteiger partial charge in [0.25, 0.3) is 5.91 Å². The lowest BCUT2D eigenvalue weighted by Crippen LogP contribution is -2.37. The van der Waals surface area contributed by atoms with Gasteiger partial charge in [0.1, 0.15) is 0 Å². The van der Waals surface area contributed by atoms with Gasteiger partial charge in [-0.1, -0.05) is 59.9 Å². The standard InChI is InChI=1S/C27H26N2O2S/c1-18-15-19(2)25-24(16-18)32-27(28-25)29(17-23-9-6-14-31-23)26(30)22-12-10-21(11-13-22)20-7-4-3-5-8-20/h3-5,7-8,10-13,15-16,23H,6,9,14,17H2,1-2H3. The molecule has 0 N–H and O–H groups in total. The highest BCUT2D eigenvalue weighted by Gasteiger charge is 2.27. The van der Waals surface area contributed by atoms with E-state index in [-0.39, 0.29) is 12.0 Å². The molecule has 0 spiro atoms. The van der Waals surface area contributed by atoms with E-state index in [0.717, 1.165) is 51.5 Å². The van der Waals surface area contributed by atoms with E-state index in [0.29, 0.717) is 12.1 Å². The number of rotatable bonds is 5. The van der Waals surface area contributed by atoms with Crippen LogP contribution in [-0.2, 0) is 4.74 Å². The molecule has 4 nitrogen and oxygen atoms in total.